The minimum Gasteiger partial charge on any atom is -0.373 e. The molecule has 5 rings (SSSR count). The van der Waals surface area contributed by atoms with Gasteiger partial charge in [0.05, 0.1) is 29.7 Å². The van der Waals surface area contributed by atoms with Crippen LogP contribution in [0.1, 0.15) is 12.8 Å². The van der Waals surface area contributed by atoms with Gasteiger partial charge in [0, 0.05) is 5.02 Å². The average molecular weight is 354 g/mol. The van der Waals surface area contributed by atoms with Crippen molar-refractivity contribution in [1.29, 1.82) is 0 Å². The number of nitrogens with zero attached hydrogens (tertiary/aromatic N) is 1. The van der Waals surface area contributed by atoms with Gasteiger partial charge in [-0.25, -0.2) is 4.90 Å². The van der Waals surface area contributed by atoms with Crippen molar-refractivity contribution in [3.63, 3.8) is 0 Å². The molecule has 3 aliphatic heterocycles. The monoisotopic (exact) mass is 353 g/mol. The molecule has 4 atom stereocenters. The number of hydrogen-bond donors (Lipinski definition) is 0. The molecule has 5 heteroatoms. The number of amides is 2. The first-order valence-corrected chi connectivity index (χ1v) is 8.90. The third-order valence-corrected chi connectivity index (χ3v) is 5.84. The molecule has 25 heavy (non-hydrogen) atoms. The van der Waals surface area contributed by atoms with Crippen molar-refractivity contribution in [1.82, 2.24) is 0 Å². The maximum Gasteiger partial charge on any atom is 0.240 e. The zero-order chi connectivity index (χ0) is 17.1. The fourth-order valence-electron chi connectivity index (χ4n) is 4.41. The lowest BCUT2D eigenvalue weighted by Crippen LogP contribution is -2.34. The quantitative estimate of drug-likeness (QED) is 0.774. The number of imide groups is 1. The van der Waals surface area contributed by atoms with Gasteiger partial charge in [-0.3, -0.25) is 9.59 Å². The Kier molecular flexibility index (Phi) is 3.27. The van der Waals surface area contributed by atoms with Gasteiger partial charge in [0.25, 0.3) is 0 Å². The number of anilines is 1. The average Bonchev–Trinajstić information content (AvgIpc) is 3.30. The molecule has 3 heterocycles. The van der Waals surface area contributed by atoms with E-state index in [0.717, 1.165) is 24.0 Å². The molecule has 0 aromatic heterocycles. The second-order valence-corrected chi connectivity index (χ2v) is 7.34. The molecule has 0 radical (unpaired) electrons. The highest BCUT2D eigenvalue weighted by atomic mass is 35.5. The third kappa shape index (κ3) is 2.17. The highest BCUT2D eigenvalue weighted by molar-refractivity contribution is 6.30. The van der Waals surface area contributed by atoms with Crippen LogP contribution in [0.15, 0.2) is 48.5 Å². The van der Waals surface area contributed by atoms with Crippen LogP contribution in [-0.2, 0) is 14.3 Å². The van der Waals surface area contributed by atoms with Gasteiger partial charge in [0.15, 0.2) is 0 Å². The van der Waals surface area contributed by atoms with Crippen LogP contribution >= 0.6 is 11.6 Å². The first-order chi connectivity index (χ1) is 12.1. The second-order valence-electron chi connectivity index (χ2n) is 6.91. The molecule has 0 aliphatic carbocycles. The summed E-state index contributed by atoms with van der Waals surface area (Å²) in [5.74, 6) is -0.799. The molecular formula is C20H16ClNO3. The molecule has 4 nitrogen and oxygen atoms in total. The molecule has 3 fully saturated rings. The predicted molar refractivity (Wildman–Crippen MR) is 94.3 cm³/mol. The molecule has 2 aromatic rings. The molecule has 3 saturated heterocycles. The predicted octanol–water partition coefficient (Wildman–Crippen LogP) is 3.67. The van der Waals surface area contributed by atoms with E-state index < -0.39 is 0 Å². The van der Waals surface area contributed by atoms with Crippen molar-refractivity contribution in [2.24, 2.45) is 11.8 Å². The minimum atomic E-state index is -0.290. The lowest BCUT2D eigenvalue weighted by molar-refractivity contribution is -0.124. The van der Waals surface area contributed by atoms with Crippen LogP contribution < -0.4 is 4.90 Å². The molecule has 2 aromatic carbocycles. The van der Waals surface area contributed by atoms with Crippen LogP contribution in [0.5, 0.6) is 0 Å². The zero-order valence-corrected chi connectivity index (χ0v) is 14.1. The van der Waals surface area contributed by atoms with E-state index in [1.165, 1.54) is 4.90 Å². The molecule has 2 amide bonds. The Hall–Kier alpha value is -2.17. The van der Waals surface area contributed by atoms with Gasteiger partial charge in [-0.15, -0.1) is 0 Å². The molecule has 3 aliphatic rings. The molecule has 0 unspecified atom stereocenters. The number of carbonyl (C=O) groups is 2. The number of carbonyl (C=O) groups excluding carboxylic acids is 2. The fraction of sp³-hybridized carbons (Fsp3) is 0.300. The molecular weight excluding hydrogens is 338 g/mol. The highest BCUT2D eigenvalue weighted by Crippen LogP contribution is 2.49. The van der Waals surface area contributed by atoms with Crippen molar-refractivity contribution < 1.29 is 14.3 Å². The van der Waals surface area contributed by atoms with Crippen LogP contribution in [0.25, 0.3) is 11.1 Å². The van der Waals surface area contributed by atoms with Crippen molar-refractivity contribution in [2.45, 2.75) is 25.0 Å². The van der Waals surface area contributed by atoms with E-state index in [-0.39, 0.29) is 35.9 Å². The van der Waals surface area contributed by atoms with Crippen LogP contribution in [0, 0.1) is 11.8 Å². The van der Waals surface area contributed by atoms with Crippen LogP contribution in [0.3, 0.4) is 0 Å². The minimum absolute atomic E-state index is 0.0789. The van der Waals surface area contributed by atoms with E-state index in [4.69, 9.17) is 16.3 Å². The third-order valence-electron chi connectivity index (χ3n) is 5.59. The van der Waals surface area contributed by atoms with Crippen molar-refractivity contribution in [3.8, 4) is 11.1 Å². The highest BCUT2D eigenvalue weighted by Gasteiger charge is 2.62. The van der Waals surface area contributed by atoms with Gasteiger partial charge in [-0.1, -0.05) is 35.9 Å². The van der Waals surface area contributed by atoms with Crippen molar-refractivity contribution in [2.75, 3.05) is 4.90 Å². The number of hydrogen-bond acceptors (Lipinski definition) is 3. The summed E-state index contributed by atoms with van der Waals surface area (Å²) in [6.07, 6.45) is 1.61. The summed E-state index contributed by atoms with van der Waals surface area (Å²) in [5.41, 5.74) is 2.70. The van der Waals surface area contributed by atoms with Gasteiger partial charge < -0.3 is 4.74 Å². The van der Waals surface area contributed by atoms with E-state index in [9.17, 15) is 9.59 Å². The Bertz CT molecular complexity index is 834. The summed E-state index contributed by atoms with van der Waals surface area (Å²) < 4.78 is 5.77. The van der Waals surface area contributed by atoms with Crippen molar-refractivity contribution in [3.05, 3.63) is 53.6 Å². The van der Waals surface area contributed by atoms with E-state index in [0.29, 0.717) is 10.7 Å². The Morgan fingerprint density at radius 1 is 0.800 bits per heavy atom. The van der Waals surface area contributed by atoms with Gasteiger partial charge in [0.1, 0.15) is 0 Å². The SMILES string of the molecule is O=C1[C@@H]2[C@H](C(=O)N1c1ccc(-c3ccc(Cl)cc3)cc1)[C@@H]1CC[C@@H]2O1. The second kappa shape index (κ2) is 5.41. The molecule has 0 spiro atoms. The van der Waals surface area contributed by atoms with Crippen LogP contribution in [0.4, 0.5) is 5.69 Å². The molecule has 126 valence electrons. The Labute approximate surface area is 150 Å². The summed E-state index contributed by atoms with van der Waals surface area (Å²) in [6, 6.07) is 15.1. The van der Waals surface area contributed by atoms with E-state index in [1.54, 1.807) is 0 Å². The summed E-state index contributed by atoms with van der Waals surface area (Å²) in [5, 5.41) is 0.692. The zero-order valence-electron chi connectivity index (χ0n) is 13.4. The van der Waals surface area contributed by atoms with Gasteiger partial charge >= 0.3 is 0 Å². The molecule has 2 bridgehead atoms. The van der Waals surface area contributed by atoms with E-state index in [1.807, 2.05) is 48.5 Å². The summed E-state index contributed by atoms with van der Waals surface area (Å²) in [6.45, 7) is 0. The first-order valence-electron chi connectivity index (χ1n) is 8.53. The topological polar surface area (TPSA) is 46.6 Å². The molecule has 0 N–H and O–H groups in total. The van der Waals surface area contributed by atoms with Gasteiger partial charge in [-0.05, 0) is 48.2 Å². The Balaban J connectivity index is 1.45. The van der Waals surface area contributed by atoms with Crippen LogP contribution in [-0.4, -0.2) is 24.0 Å². The molecule has 0 saturated carbocycles. The number of ether oxygens (including phenoxy) is 1. The van der Waals surface area contributed by atoms with E-state index >= 15 is 0 Å². The van der Waals surface area contributed by atoms with Crippen LogP contribution in [0.2, 0.25) is 5.02 Å². The van der Waals surface area contributed by atoms with Gasteiger partial charge in [-0.2, -0.15) is 0 Å². The first kappa shape index (κ1) is 15.1. The van der Waals surface area contributed by atoms with E-state index in [2.05, 4.69) is 0 Å². The lowest BCUT2D eigenvalue weighted by atomic mass is 9.81. The summed E-state index contributed by atoms with van der Waals surface area (Å²) >= 11 is 5.93. The summed E-state index contributed by atoms with van der Waals surface area (Å²) in [7, 11) is 0. The number of rotatable bonds is 2. The maximum atomic E-state index is 12.8. The standard InChI is InChI=1S/C20H16ClNO3/c21-13-5-1-11(2-6-13)12-3-7-14(8-4-12)22-19(23)17-15-9-10-16(25-15)18(17)20(22)24/h1-8,15-18H,9-10H2/t15-,16-,17-,18+/m0/s1. The summed E-state index contributed by atoms with van der Waals surface area (Å²) in [4.78, 5) is 26.9. The Morgan fingerprint density at radius 2 is 1.28 bits per heavy atom. The van der Waals surface area contributed by atoms with Gasteiger partial charge in [0.2, 0.25) is 11.8 Å². The Morgan fingerprint density at radius 3 is 1.80 bits per heavy atom. The number of halogens is 1. The largest absolute Gasteiger partial charge is 0.373 e. The van der Waals surface area contributed by atoms with Crippen molar-refractivity contribution >= 4 is 29.1 Å². The smallest absolute Gasteiger partial charge is 0.240 e. The fourth-order valence-corrected chi connectivity index (χ4v) is 4.54. The lowest BCUT2D eigenvalue weighted by Gasteiger charge is -2.18. The maximum absolute atomic E-state index is 12.8. The normalized spacial score (nSPS) is 30.2. The number of fused-ring (bicyclic) bond motifs is 5. The number of benzene rings is 2.